The van der Waals surface area contributed by atoms with Gasteiger partial charge in [-0.2, -0.15) is 0 Å². The highest BCUT2D eigenvalue weighted by Gasteiger charge is 2.38. The smallest absolute Gasteiger partial charge is 0.237 e. The van der Waals surface area contributed by atoms with E-state index in [4.69, 9.17) is 0 Å². The monoisotopic (exact) mass is 296 g/mol. The summed E-state index contributed by atoms with van der Waals surface area (Å²) in [5, 5.41) is 15.9. The van der Waals surface area contributed by atoms with Gasteiger partial charge in [0.25, 0.3) is 0 Å². The van der Waals surface area contributed by atoms with Gasteiger partial charge in [0.15, 0.2) is 0 Å². The molecule has 1 heterocycles. The van der Waals surface area contributed by atoms with Gasteiger partial charge in [-0.15, -0.1) is 0 Å². The van der Waals surface area contributed by atoms with E-state index in [0.717, 1.165) is 25.7 Å². The fraction of sp³-hybridized carbons (Fsp3) is 0.941. The van der Waals surface area contributed by atoms with Crippen LogP contribution >= 0.6 is 0 Å². The van der Waals surface area contributed by atoms with Gasteiger partial charge in [-0.3, -0.25) is 4.79 Å². The van der Waals surface area contributed by atoms with E-state index >= 15 is 0 Å². The van der Waals surface area contributed by atoms with Crippen LogP contribution in [0.15, 0.2) is 0 Å². The van der Waals surface area contributed by atoms with E-state index in [1.807, 2.05) is 0 Å². The van der Waals surface area contributed by atoms with E-state index in [2.05, 4.69) is 24.5 Å². The summed E-state index contributed by atoms with van der Waals surface area (Å²) in [6.45, 7) is 5.18. The molecule has 0 aromatic rings. The molecular formula is C17H32N2O2. The number of fused-ring (bicyclic) bond motifs is 1. The van der Waals surface area contributed by atoms with Crippen LogP contribution in [0.1, 0.15) is 65.2 Å². The van der Waals surface area contributed by atoms with E-state index in [-0.39, 0.29) is 24.0 Å². The van der Waals surface area contributed by atoms with Gasteiger partial charge in [0.05, 0.1) is 6.04 Å². The van der Waals surface area contributed by atoms with Gasteiger partial charge in [-0.1, -0.05) is 26.7 Å². The zero-order chi connectivity index (χ0) is 15.3. The number of hydrogen-bond acceptors (Lipinski definition) is 3. The summed E-state index contributed by atoms with van der Waals surface area (Å²) in [7, 11) is 0. The normalized spacial score (nSPS) is 29.2. The Hall–Kier alpha value is -0.610. The molecule has 0 aromatic heterocycles. The van der Waals surface area contributed by atoms with Crippen molar-refractivity contribution < 1.29 is 9.90 Å². The van der Waals surface area contributed by atoms with Gasteiger partial charge >= 0.3 is 0 Å². The standard InChI is InChI=1S/C17H32N2O2/c1-3-17(4-2,9-10-20)12-18-16(21)15-11-13-7-5-6-8-14(13)19-15/h13-15,19-20H,3-12H2,1-2H3,(H,18,21). The van der Waals surface area contributed by atoms with Crippen molar-refractivity contribution in [2.45, 2.75) is 77.3 Å². The molecule has 3 atom stereocenters. The second kappa shape index (κ2) is 7.59. The fourth-order valence-electron chi connectivity index (χ4n) is 4.10. The summed E-state index contributed by atoms with van der Waals surface area (Å²) in [5.41, 5.74) is 0.0514. The van der Waals surface area contributed by atoms with Crippen molar-refractivity contribution in [3.8, 4) is 0 Å². The second-order valence-electron chi connectivity index (χ2n) is 7.00. The first-order valence-corrected chi connectivity index (χ1v) is 8.78. The lowest BCUT2D eigenvalue weighted by atomic mass is 9.79. The SMILES string of the molecule is CCC(CC)(CCO)CNC(=O)C1CC2CCCCC2N1. The predicted molar refractivity (Wildman–Crippen MR) is 85.0 cm³/mol. The van der Waals surface area contributed by atoms with Gasteiger partial charge < -0.3 is 15.7 Å². The molecule has 1 saturated carbocycles. The highest BCUT2D eigenvalue weighted by Crippen LogP contribution is 2.33. The molecule has 2 aliphatic rings. The van der Waals surface area contributed by atoms with Crippen LogP contribution in [-0.2, 0) is 4.79 Å². The Morgan fingerprint density at radius 3 is 2.62 bits per heavy atom. The molecule has 2 fully saturated rings. The van der Waals surface area contributed by atoms with Gasteiger partial charge in [-0.05, 0) is 49.9 Å². The second-order valence-corrected chi connectivity index (χ2v) is 7.00. The molecule has 1 aliphatic carbocycles. The van der Waals surface area contributed by atoms with Gasteiger partial charge in [0.1, 0.15) is 0 Å². The number of hydrogen-bond donors (Lipinski definition) is 3. The number of rotatable bonds is 7. The number of aliphatic hydroxyl groups is 1. The third kappa shape index (κ3) is 3.98. The van der Waals surface area contributed by atoms with Crippen molar-refractivity contribution in [2.75, 3.05) is 13.2 Å². The maximum atomic E-state index is 12.4. The minimum Gasteiger partial charge on any atom is -0.396 e. The predicted octanol–water partition coefficient (Wildman–Crippen LogP) is 2.21. The molecule has 122 valence electrons. The van der Waals surface area contributed by atoms with Gasteiger partial charge in [-0.25, -0.2) is 0 Å². The van der Waals surface area contributed by atoms with Crippen molar-refractivity contribution in [3.63, 3.8) is 0 Å². The van der Waals surface area contributed by atoms with E-state index in [9.17, 15) is 9.90 Å². The fourth-order valence-corrected chi connectivity index (χ4v) is 4.10. The first-order valence-electron chi connectivity index (χ1n) is 8.78. The van der Waals surface area contributed by atoms with Gasteiger partial charge in [0, 0.05) is 19.2 Å². The lowest BCUT2D eigenvalue weighted by molar-refractivity contribution is -0.123. The van der Waals surface area contributed by atoms with Crippen molar-refractivity contribution >= 4 is 5.91 Å². The highest BCUT2D eigenvalue weighted by atomic mass is 16.3. The molecule has 4 nitrogen and oxygen atoms in total. The molecule has 1 aliphatic heterocycles. The summed E-state index contributed by atoms with van der Waals surface area (Å²) in [6.07, 6.45) is 8.88. The summed E-state index contributed by atoms with van der Waals surface area (Å²) in [5.74, 6) is 0.864. The Bertz CT molecular complexity index is 328. The molecule has 1 saturated heterocycles. The lowest BCUT2D eigenvalue weighted by Crippen LogP contribution is -2.46. The zero-order valence-electron chi connectivity index (χ0n) is 13.7. The largest absolute Gasteiger partial charge is 0.396 e. The molecule has 4 heteroatoms. The topological polar surface area (TPSA) is 61.4 Å². The average molecular weight is 296 g/mol. The molecular weight excluding hydrogens is 264 g/mol. The third-order valence-electron chi connectivity index (χ3n) is 5.96. The number of amides is 1. The average Bonchev–Trinajstić information content (AvgIpc) is 2.95. The molecule has 0 aromatic carbocycles. The number of nitrogens with one attached hydrogen (secondary N) is 2. The van der Waals surface area contributed by atoms with Crippen molar-refractivity contribution in [1.29, 1.82) is 0 Å². The third-order valence-corrected chi connectivity index (χ3v) is 5.96. The number of aliphatic hydroxyl groups excluding tert-OH is 1. The van der Waals surface area contributed by atoms with Crippen LogP contribution in [0, 0.1) is 11.3 Å². The van der Waals surface area contributed by atoms with Crippen LogP contribution in [-0.4, -0.2) is 36.2 Å². The molecule has 3 unspecified atom stereocenters. The number of carbonyl (C=O) groups excluding carboxylic acids is 1. The minimum absolute atomic E-state index is 0.00126. The Morgan fingerprint density at radius 1 is 1.29 bits per heavy atom. The molecule has 2 rings (SSSR count). The minimum atomic E-state index is -0.00126. The molecule has 0 spiro atoms. The van der Waals surface area contributed by atoms with Crippen LogP contribution in [0.25, 0.3) is 0 Å². The molecule has 0 radical (unpaired) electrons. The summed E-state index contributed by atoms with van der Waals surface area (Å²) in [6, 6.07) is 0.563. The maximum Gasteiger partial charge on any atom is 0.237 e. The van der Waals surface area contributed by atoms with Crippen molar-refractivity contribution in [1.82, 2.24) is 10.6 Å². The van der Waals surface area contributed by atoms with E-state index < -0.39 is 0 Å². The van der Waals surface area contributed by atoms with Crippen molar-refractivity contribution in [2.24, 2.45) is 11.3 Å². The van der Waals surface area contributed by atoms with Crippen LogP contribution < -0.4 is 10.6 Å². The Morgan fingerprint density at radius 2 is 2.00 bits per heavy atom. The molecule has 21 heavy (non-hydrogen) atoms. The zero-order valence-corrected chi connectivity index (χ0v) is 13.7. The van der Waals surface area contributed by atoms with Gasteiger partial charge in [0.2, 0.25) is 5.91 Å². The van der Waals surface area contributed by atoms with E-state index in [1.165, 1.54) is 25.7 Å². The molecule has 3 N–H and O–H groups in total. The Balaban J connectivity index is 1.84. The Kier molecular flexibility index (Phi) is 6.06. The maximum absolute atomic E-state index is 12.4. The Labute approximate surface area is 129 Å². The van der Waals surface area contributed by atoms with Crippen LogP contribution in [0.3, 0.4) is 0 Å². The van der Waals surface area contributed by atoms with Crippen LogP contribution in [0.4, 0.5) is 0 Å². The molecule has 1 amide bonds. The summed E-state index contributed by atoms with van der Waals surface area (Å²) < 4.78 is 0. The highest BCUT2D eigenvalue weighted by molar-refractivity contribution is 5.82. The first kappa shape index (κ1) is 16.8. The quantitative estimate of drug-likeness (QED) is 0.675. The van der Waals surface area contributed by atoms with Crippen molar-refractivity contribution in [3.05, 3.63) is 0 Å². The van der Waals surface area contributed by atoms with E-state index in [0.29, 0.717) is 18.5 Å². The first-order chi connectivity index (χ1) is 10.1. The van der Waals surface area contributed by atoms with E-state index in [1.54, 1.807) is 0 Å². The van der Waals surface area contributed by atoms with Crippen LogP contribution in [0.2, 0.25) is 0 Å². The number of carbonyl (C=O) groups is 1. The summed E-state index contributed by atoms with van der Waals surface area (Å²) >= 11 is 0. The lowest BCUT2D eigenvalue weighted by Gasteiger charge is -2.31. The van der Waals surface area contributed by atoms with Crippen LogP contribution in [0.5, 0.6) is 0 Å². The summed E-state index contributed by atoms with van der Waals surface area (Å²) in [4.78, 5) is 12.4. The molecule has 0 bridgehead atoms.